The van der Waals surface area contributed by atoms with E-state index in [0.717, 1.165) is 22.2 Å². The maximum atomic E-state index is 13.0. The van der Waals surface area contributed by atoms with Crippen LogP contribution < -0.4 is 15.6 Å². The summed E-state index contributed by atoms with van der Waals surface area (Å²) in [6.45, 7) is 0. The van der Waals surface area contributed by atoms with Gasteiger partial charge in [-0.15, -0.1) is 0 Å². The molecule has 0 spiro atoms. The number of hydrogen-bond acceptors (Lipinski definition) is 3. The molecule has 0 saturated heterocycles. The molecule has 1 amide bonds. The van der Waals surface area contributed by atoms with Crippen LogP contribution in [0.4, 0.5) is 0 Å². The van der Waals surface area contributed by atoms with Gasteiger partial charge in [0.1, 0.15) is 5.75 Å². The average Bonchev–Trinajstić information content (AvgIpc) is 2.69. The molecule has 3 rings (SSSR count). The van der Waals surface area contributed by atoms with E-state index in [9.17, 15) is 9.59 Å². The third-order valence-electron chi connectivity index (χ3n) is 4.63. The Bertz CT molecular complexity index is 1010. The van der Waals surface area contributed by atoms with Crippen LogP contribution >= 0.6 is 0 Å². The van der Waals surface area contributed by atoms with Crippen molar-refractivity contribution in [3.63, 3.8) is 0 Å². The summed E-state index contributed by atoms with van der Waals surface area (Å²) in [6.07, 6.45) is 0.844. The lowest BCUT2D eigenvalue weighted by molar-refractivity contribution is -0.120. The SMILES string of the molecule is CNC(=O)CCc1c(-c2ccccc2)n(C)c(=O)c2cccc(OC)c12. The Morgan fingerprint density at radius 1 is 1.12 bits per heavy atom. The molecule has 134 valence electrons. The van der Waals surface area contributed by atoms with E-state index in [4.69, 9.17) is 4.74 Å². The van der Waals surface area contributed by atoms with Crippen LogP contribution in [-0.4, -0.2) is 24.6 Å². The van der Waals surface area contributed by atoms with E-state index in [-0.39, 0.29) is 11.5 Å². The number of aryl methyl sites for hydroxylation is 1. The fraction of sp³-hybridized carbons (Fsp3) is 0.238. The number of nitrogens with one attached hydrogen (secondary N) is 1. The first-order valence-corrected chi connectivity index (χ1v) is 8.53. The number of pyridine rings is 1. The Morgan fingerprint density at radius 2 is 1.85 bits per heavy atom. The summed E-state index contributed by atoms with van der Waals surface area (Å²) in [4.78, 5) is 24.8. The van der Waals surface area contributed by atoms with Gasteiger partial charge in [0.2, 0.25) is 5.91 Å². The number of nitrogens with zero attached hydrogens (tertiary/aromatic N) is 1. The van der Waals surface area contributed by atoms with Crippen molar-refractivity contribution in [2.45, 2.75) is 12.8 Å². The van der Waals surface area contributed by atoms with Crippen LogP contribution in [0.5, 0.6) is 5.75 Å². The Morgan fingerprint density at radius 3 is 2.50 bits per heavy atom. The molecule has 5 heteroatoms. The summed E-state index contributed by atoms with van der Waals surface area (Å²) in [7, 11) is 4.99. The largest absolute Gasteiger partial charge is 0.496 e. The van der Waals surface area contributed by atoms with E-state index in [1.807, 2.05) is 42.5 Å². The summed E-state index contributed by atoms with van der Waals surface area (Å²) in [5, 5.41) is 4.03. The number of methoxy groups -OCH3 is 1. The molecular weight excluding hydrogens is 328 g/mol. The lowest BCUT2D eigenvalue weighted by Crippen LogP contribution is -2.23. The molecule has 0 unspecified atom stereocenters. The van der Waals surface area contributed by atoms with Gasteiger partial charge in [-0.1, -0.05) is 36.4 Å². The van der Waals surface area contributed by atoms with Gasteiger partial charge in [-0.05, 0) is 29.7 Å². The van der Waals surface area contributed by atoms with Crippen molar-refractivity contribution in [3.8, 4) is 17.0 Å². The molecule has 0 bridgehead atoms. The topological polar surface area (TPSA) is 60.3 Å². The standard InChI is InChI=1S/C21H22N2O3/c1-22-18(24)13-12-15-19-16(10-7-11-17(19)26-3)21(25)23(2)20(15)14-8-5-4-6-9-14/h4-11H,12-13H2,1-3H3,(H,22,24). The first kappa shape index (κ1) is 17.7. The molecule has 0 radical (unpaired) electrons. The summed E-state index contributed by atoms with van der Waals surface area (Å²) in [5.74, 6) is 0.602. The number of aromatic nitrogens is 1. The molecule has 1 heterocycles. The van der Waals surface area contributed by atoms with Gasteiger partial charge in [-0.25, -0.2) is 0 Å². The van der Waals surface area contributed by atoms with Crippen LogP contribution in [0.25, 0.3) is 22.0 Å². The number of hydrogen-bond donors (Lipinski definition) is 1. The zero-order chi connectivity index (χ0) is 18.7. The van der Waals surface area contributed by atoms with Gasteiger partial charge in [-0.3, -0.25) is 9.59 Å². The molecule has 5 nitrogen and oxygen atoms in total. The third kappa shape index (κ3) is 3.08. The lowest BCUT2D eigenvalue weighted by atomic mass is 9.95. The highest BCUT2D eigenvalue weighted by atomic mass is 16.5. The van der Waals surface area contributed by atoms with Gasteiger partial charge < -0.3 is 14.6 Å². The van der Waals surface area contributed by atoms with Crippen LogP contribution in [0, 0.1) is 0 Å². The number of benzene rings is 2. The molecule has 0 aliphatic rings. The molecule has 3 aromatic rings. The lowest BCUT2D eigenvalue weighted by Gasteiger charge is -2.19. The summed E-state index contributed by atoms with van der Waals surface area (Å²) < 4.78 is 7.20. The first-order valence-electron chi connectivity index (χ1n) is 8.53. The Hall–Kier alpha value is -3.08. The minimum absolute atomic E-state index is 0.0408. The highest BCUT2D eigenvalue weighted by molar-refractivity contribution is 5.95. The first-order chi connectivity index (χ1) is 12.6. The second kappa shape index (κ2) is 7.44. The molecule has 2 aromatic carbocycles. The predicted octanol–water partition coefficient (Wildman–Crippen LogP) is 2.89. The molecule has 1 N–H and O–H groups in total. The maximum absolute atomic E-state index is 13.0. The summed E-state index contributed by atoms with van der Waals surface area (Å²) in [5.41, 5.74) is 2.61. The zero-order valence-corrected chi connectivity index (χ0v) is 15.2. The molecular formula is C21H22N2O3. The van der Waals surface area contributed by atoms with E-state index in [1.165, 1.54) is 0 Å². The maximum Gasteiger partial charge on any atom is 0.258 e. The smallest absolute Gasteiger partial charge is 0.258 e. The van der Waals surface area contributed by atoms with Crippen molar-refractivity contribution in [1.82, 2.24) is 9.88 Å². The van der Waals surface area contributed by atoms with Gasteiger partial charge in [0, 0.05) is 25.9 Å². The Labute approximate surface area is 152 Å². The Balaban J connectivity index is 2.38. The van der Waals surface area contributed by atoms with Crippen molar-refractivity contribution < 1.29 is 9.53 Å². The van der Waals surface area contributed by atoms with Crippen molar-refractivity contribution in [3.05, 3.63) is 64.4 Å². The number of rotatable bonds is 5. The fourth-order valence-corrected chi connectivity index (χ4v) is 3.36. The number of carbonyl (C=O) groups is 1. The van der Waals surface area contributed by atoms with Crippen LogP contribution in [-0.2, 0) is 18.3 Å². The van der Waals surface area contributed by atoms with E-state index in [0.29, 0.717) is 24.0 Å². The minimum Gasteiger partial charge on any atom is -0.496 e. The van der Waals surface area contributed by atoms with Crippen LogP contribution in [0.1, 0.15) is 12.0 Å². The third-order valence-corrected chi connectivity index (χ3v) is 4.63. The summed E-state index contributed by atoms with van der Waals surface area (Å²) in [6, 6.07) is 15.2. The normalized spacial score (nSPS) is 10.7. The highest BCUT2D eigenvalue weighted by Gasteiger charge is 2.19. The van der Waals surface area contributed by atoms with Crippen LogP contribution in [0.3, 0.4) is 0 Å². The second-order valence-corrected chi connectivity index (χ2v) is 6.11. The zero-order valence-electron chi connectivity index (χ0n) is 15.2. The fourth-order valence-electron chi connectivity index (χ4n) is 3.36. The molecule has 26 heavy (non-hydrogen) atoms. The number of carbonyl (C=O) groups excluding carboxylic acids is 1. The molecule has 0 atom stereocenters. The van der Waals surface area contributed by atoms with E-state index < -0.39 is 0 Å². The minimum atomic E-state index is -0.0820. The van der Waals surface area contributed by atoms with E-state index in [1.54, 1.807) is 31.8 Å². The number of ether oxygens (including phenoxy) is 1. The quantitative estimate of drug-likeness (QED) is 0.770. The van der Waals surface area contributed by atoms with E-state index >= 15 is 0 Å². The summed E-state index contributed by atoms with van der Waals surface area (Å²) >= 11 is 0. The van der Waals surface area contributed by atoms with Gasteiger partial charge in [0.05, 0.1) is 18.2 Å². The molecule has 0 saturated carbocycles. The van der Waals surface area contributed by atoms with Crippen molar-refractivity contribution >= 4 is 16.7 Å². The molecule has 0 aliphatic heterocycles. The number of fused-ring (bicyclic) bond motifs is 1. The van der Waals surface area contributed by atoms with Gasteiger partial charge in [0.15, 0.2) is 0 Å². The van der Waals surface area contributed by atoms with Crippen LogP contribution in [0.15, 0.2) is 53.3 Å². The Kier molecular flexibility index (Phi) is 5.07. The van der Waals surface area contributed by atoms with Crippen molar-refractivity contribution in [2.24, 2.45) is 7.05 Å². The predicted molar refractivity (Wildman–Crippen MR) is 104 cm³/mol. The molecule has 1 aromatic heterocycles. The van der Waals surface area contributed by atoms with Gasteiger partial charge in [-0.2, -0.15) is 0 Å². The van der Waals surface area contributed by atoms with Crippen molar-refractivity contribution in [1.29, 1.82) is 0 Å². The van der Waals surface area contributed by atoms with E-state index in [2.05, 4.69) is 5.32 Å². The van der Waals surface area contributed by atoms with Crippen molar-refractivity contribution in [2.75, 3.05) is 14.2 Å². The molecule has 0 aliphatic carbocycles. The molecule has 0 fully saturated rings. The average molecular weight is 350 g/mol. The van der Waals surface area contributed by atoms with Crippen LogP contribution in [0.2, 0.25) is 0 Å². The van der Waals surface area contributed by atoms with Gasteiger partial charge in [0.25, 0.3) is 5.56 Å². The van der Waals surface area contributed by atoms with Gasteiger partial charge >= 0.3 is 0 Å². The number of amides is 1. The second-order valence-electron chi connectivity index (χ2n) is 6.11. The monoisotopic (exact) mass is 350 g/mol. The highest BCUT2D eigenvalue weighted by Crippen LogP contribution is 2.34.